The molecule has 1 rings (SSSR count). The average Bonchev–Trinajstić information content (AvgIpc) is 2.10. The van der Waals surface area contributed by atoms with Crippen LogP contribution >= 0.6 is 15.9 Å². The lowest BCUT2D eigenvalue weighted by atomic mass is 10.3. The van der Waals surface area contributed by atoms with Gasteiger partial charge >= 0.3 is 0 Å². The van der Waals surface area contributed by atoms with Gasteiger partial charge in [-0.3, -0.25) is 0 Å². The second-order valence-electron chi connectivity index (χ2n) is 3.03. The van der Waals surface area contributed by atoms with Crippen LogP contribution in [0, 0.1) is 5.82 Å². The molecule has 0 N–H and O–H groups in total. The average molecular weight is 259 g/mol. The predicted molar refractivity (Wildman–Crippen MR) is 59.0 cm³/mol. The first kappa shape index (κ1) is 11.2. The second kappa shape index (κ2) is 5.15. The predicted octanol–water partition coefficient (Wildman–Crippen LogP) is 3.93. The molecule has 0 heterocycles. The molecular formula is C11H12BrFO. The highest BCUT2D eigenvalue weighted by atomic mass is 79.9. The van der Waals surface area contributed by atoms with Crippen molar-refractivity contribution in [2.75, 3.05) is 0 Å². The SMILES string of the molecule is C=CCC(C)Oc1ccc(F)cc1Br. The number of halogens is 2. The van der Waals surface area contributed by atoms with Gasteiger partial charge in [-0.1, -0.05) is 6.08 Å². The van der Waals surface area contributed by atoms with Crippen LogP contribution in [-0.4, -0.2) is 6.10 Å². The van der Waals surface area contributed by atoms with E-state index in [1.165, 1.54) is 12.1 Å². The number of benzene rings is 1. The number of ether oxygens (including phenoxy) is 1. The van der Waals surface area contributed by atoms with Gasteiger partial charge in [-0.05, 0) is 41.1 Å². The van der Waals surface area contributed by atoms with Crippen LogP contribution in [0.1, 0.15) is 13.3 Å². The number of rotatable bonds is 4. The van der Waals surface area contributed by atoms with E-state index in [2.05, 4.69) is 22.5 Å². The third-order valence-corrected chi connectivity index (χ3v) is 2.34. The van der Waals surface area contributed by atoms with Gasteiger partial charge in [0.25, 0.3) is 0 Å². The van der Waals surface area contributed by atoms with Gasteiger partial charge in [0.05, 0.1) is 10.6 Å². The zero-order valence-corrected chi connectivity index (χ0v) is 9.55. The van der Waals surface area contributed by atoms with E-state index in [-0.39, 0.29) is 11.9 Å². The standard InChI is InChI=1S/C11H12BrFO/c1-3-4-8(2)14-11-6-5-9(13)7-10(11)12/h3,5-8H,1,4H2,2H3. The van der Waals surface area contributed by atoms with Crippen LogP contribution in [0.15, 0.2) is 35.3 Å². The largest absolute Gasteiger partial charge is 0.489 e. The van der Waals surface area contributed by atoms with E-state index in [4.69, 9.17) is 4.74 Å². The first-order valence-electron chi connectivity index (χ1n) is 4.36. The molecule has 0 saturated carbocycles. The highest BCUT2D eigenvalue weighted by Gasteiger charge is 2.06. The molecule has 0 saturated heterocycles. The highest BCUT2D eigenvalue weighted by molar-refractivity contribution is 9.10. The van der Waals surface area contributed by atoms with Crippen molar-refractivity contribution in [3.05, 3.63) is 41.1 Å². The Morgan fingerprint density at radius 1 is 1.64 bits per heavy atom. The van der Waals surface area contributed by atoms with E-state index in [1.807, 2.05) is 6.92 Å². The summed E-state index contributed by atoms with van der Waals surface area (Å²) in [5.74, 6) is 0.376. The molecule has 0 fully saturated rings. The van der Waals surface area contributed by atoms with Crippen molar-refractivity contribution in [2.45, 2.75) is 19.4 Å². The Labute approximate surface area is 91.7 Å². The van der Waals surface area contributed by atoms with Crippen LogP contribution in [0.25, 0.3) is 0 Å². The van der Waals surface area contributed by atoms with Crippen molar-refractivity contribution < 1.29 is 9.13 Å². The topological polar surface area (TPSA) is 9.23 Å². The van der Waals surface area contributed by atoms with E-state index < -0.39 is 0 Å². The zero-order valence-electron chi connectivity index (χ0n) is 7.97. The summed E-state index contributed by atoms with van der Waals surface area (Å²) < 4.78 is 18.9. The zero-order chi connectivity index (χ0) is 10.6. The van der Waals surface area contributed by atoms with Crippen LogP contribution in [0.4, 0.5) is 4.39 Å². The number of hydrogen-bond donors (Lipinski definition) is 0. The lowest BCUT2D eigenvalue weighted by molar-refractivity contribution is 0.223. The Morgan fingerprint density at radius 2 is 2.36 bits per heavy atom. The molecule has 0 aliphatic rings. The van der Waals surface area contributed by atoms with Crippen LogP contribution in [0.5, 0.6) is 5.75 Å². The fraction of sp³-hybridized carbons (Fsp3) is 0.273. The molecule has 1 aromatic rings. The summed E-state index contributed by atoms with van der Waals surface area (Å²) in [5, 5.41) is 0. The summed E-state index contributed by atoms with van der Waals surface area (Å²) in [7, 11) is 0. The van der Waals surface area contributed by atoms with Crippen molar-refractivity contribution in [1.82, 2.24) is 0 Å². The van der Waals surface area contributed by atoms with E-state index in [0.29, 0.717) is 10.2 Å². The molecule has 0 amide bonds. The molecule has 1 nitrogen and oxygen atoms in total. The monoisotopic (exact) mass is 258 g/mol. The molecule has 0 aliphatic heterocycles. The fourth-order valence-electron chi connectivity index (χ4n) is 1.07. The van der Waals surface area contributed by atoms with E-state index in [1.54, 1.807) is 12.1 Å². The van der Waals surface area contributed by atoms with E-state index in [9.17, 15) is 4.39 Å². The minimum Gasteiger partial charge on any atom is -0.489 e. The van der Waals surface area contributed by atoms with Gasteiger partial charge in [-0.2, -0.15) is 0 Å². The van der Waals surface area contributed by atoms with E-state index in [0.717, 1.165) is 6.42 Å². The molecule has 0 spiro atoms. The fourth-order valence-corrected chi connectivity index (χ4v) is 1.51. The Bertz CT molecular complexity index is 325. The van der Waals surface area contributed by atoms with Gasteiger partial charge in [-0.15, -0.1) is 6.58 Å². The van der Waals surface area contributed by atoms with Crippen LogP contribution in [0.3, 0.4) is 0 Å². The Morgan fingerprint density at radius 3 is 2.93 bits per heavy atom. The van der Waals surface area contributed by atoms with Crippen LogP contribution in [-0.2, 0) is 0 Å². The summed E-state index contributed by atoms with van der Waals surface area (Å²) in [4.78, 5) is 0. The molecule has 14 heavy (non-hydrogen) atoms. The molecule has 0 aliphatic carbocycles. The van der Waals surface area contributed by atoms with Gasteiger partial charge in [0, 0.05) is 6.42 Å². The highest BCUT2D eigenvalue weighted by Crippen LogP contribution is 2.26. The Kier molecular flexibility index (Phi) is 4.14. The maximum absolute atomic E-state index is 12.7. The molecule has 1 aromatic carbocycles. The maximum atomic E-state index is 12.7. The Hall–Kier alpha value is -0.830. The smallest absolute Gasteiger partial charge is 0.134 e. The lowest BCUT2D eigenvalue weighted by Gasteiger charge is -2.13. The van der Waals surface area contributed by atoms with Crippen molar-refractivity contribution in [3.8, 4) is 5.75 Å². The third kappa shape index (κ3) is 3.14. The molecule has 0 aromatic heterocycles. The van der Waals surface area contributed by atoms with Gasteiger partial charge in [0.2, 0.25) is 0 Å². The van der Waals surface area contributed by atoms with E-state index >= 15 is 0 Å². The molecule has 0 radical (unpaired) electrons. The molecule has 1 atom stereocenters. The first-order valence-corrected chi connectivity index (χ1v) is 5.15. The normalized spacial score (nSPS) is 12.2. The van der Waals surface area contributed by atoms with Crippen molar-refractivity contribution in [2.24, 2.45) is 0 Å². The van der Waals surface area contributed by atoms with Crippen molar-refractivity contribution >= 4 is 15.9 Å². The third-order valence-electron chi connectivity index (χ3n) is 1.72. The summed E-state index contributed by atoms with van der Waals surface area (Å²) in [5.41, 5.74) is 0. The van der Waals surface area contributed by atoms with Gasteiger partial charge in [0.15, 0.2) is 0 Å². The summed E-state index contributed by atoms with van der Waals surface area (Å²) in [6.45, 7) is 5.57. The van der Waals surface area contributed by atoms with Crippen LogP contribution < -0.4 is 4.74 Å². The maximum Gasteiger partial charge on any atom is 0.134 e. The minimum atomic E-state index is -0.277. The summed E-state index contributed by atoms with van der Waals surface area (Å²) in [6.07, 6.45) is 2.61. The number of hydrogen-bond acceptors (Lipinski definition) is 1. The molecule has 0 bridgehead atoms. The van der Waals surface area contributed by atoms with Gasteiger partial charge < -0.3 is 4.74 Å². The summed E-state index contributed by atoms with van der Waals surface area (Å²) in [6, 6.07) is 4.37. The van der Waals surface area contributed by atoms with Crippen molar-refractivity contribution in [3.63, 3.8) is 0 Å². The first-order chi connectivity index (χ1) is 6.63. The minimum absolute atomic E-state index is 0.0502. The van der Waals surface area contributed by atoms with Crippen LogP contribution in [0.2, 0.25) is 0 Å². The molecule has 76 valence electrons. The second-order valence-corrected chi connectivity index (χ2v) is 3.88. The van der Waals surface area contributed by atoms with Gasteiger partial charge in [0.1, 0.15) is 11.6 Å². The Balaban J connectivity index is 2.71. The molecule has 3 heteroatoms. The lowest BCUT2D eigenvalue weighted by Crippen LogP contribution is -2.10. The molecule has 1 unspecified atom stereocenters. The molecular weight excluding hydrogens is 247 g/mol. The summed E-state index contributed by atoms with van der Waals surface area (Å²) >= 11 is 3.24. The van der Waals surface area contributed by atoms with Gasteiger partial charge in [-0.25, -0.2) is 4.39 Å². The quantitative estimate of drug-likeness (QED) is 0.744. The van der Waals surface area contributed by atoms with Crippen molar-refractivity contribution in [1.29, 1.82) is 0 Å².